The Morgan fingerprint density at radius 1 is 0.571 bits per heavy atom. The van der Waals surface area contributed by atoms with Crippen molar-refractivity contribution in [3.05, 3.63) is 58.7 Å². The molecule has 316 valence electrons. The summed E-state index contributed by atoms with van der Waals surface area (Å²) in [5.41, 5.74) is 7.08. The molecule has 13 heteroatoms. The van der Waals surface area contributed by atoms with Gasteiger partial charge in [0.15, 0.2) is 0 Å². The number of halogens is 2. The Morgan fingerprint density at radius 3 is 1.25 bits per heavy atom. The molecule has 0 aliphatic rings. The molecular formula is C43H68Br2N4O7. The van der Waals surface area contributed by atoms with E-state index in [-0.39, 0.29) is 22.6 Å². The topological polar surface area (TPSA) is 136 Å². The third-order valence-corrected chi connectivity index (χ3v) is 10.8. The molecule has 2 rings (SSSR count). The lowest BCUT2D eigenvalue weighted by Gasteiger charge is -2.27. The number of carbonyl (C=O) groups is 3. The molecule has 0 saturated carbocycles. The standard InChI is InChI=1S/C43H68Br2N4O7/c1-11-17-29(44)25-27-53-33-23-15-21-31(37(33)42(5,6)7)39(50)46-35(19-13-3)48-55-41(52)56-49-36(20-14-4)47-40(51)32-22-16-24-34(38(32)43(8,9)10)54-28-26-30(45)18-12-2/h15-16,21-24,29-30,35-36,48-49H,11-14,17-20,25-28H2,1-10H3,(H,46,50)(H,47,51). The first kappa shape index (κ1) is 49.3. The molecule has 0 aromatic heterocycles. The molecule has 0 aliphatic carbocycles. The molecule has 0 heterocycles. The molecule has 0 fully saturated rings. The molecule has 0 spiro atoms. The number of hydrogen-bond donors (Lipinski definition) is 4. The fraction of sp³-hybridized carbons (Fsp3) is 0.651. The molecule has 2 aromatic rings. The summed E-state index contributed by atoms with van der Waals surface area (Å²) in [6.07, 6.45) is 5.85. The van der Waals surface area contributed by atoms with E-state index in [9.17, 15) is 14.4 Å². The van der Waals surface area contributed by atoms with Gasteiger partial charge in [0.2, 0.25) is 0 Å². The van der Waals surface area contributed by atoms with Gasteiger partial charge < -0.3 is 29.8 Å². The van der Waals surface area contributed by atoms with E-state index < -0.39 is 18.5 Å². The van der Waals surface area contributed by atoms with Gasteiger partial charge in [0.05, 0.1) is 13.2 Å². The number of hydrogen-bond acceptors (Lipinski definition) is 9. The predicted molar refractivity (Wildman–Crippen MR) is 232 cm³/mol. The van der Waals surface area contributed by atoms with Crippen LogP contribution in [-0.2, 0) is 20.5 Å². The monoisotopic (exact) mass is 910 g/mol. The quantitative estimate of drug-likeness (QED) is 0.0461. The van der Waals surface area contributed by atoms with Crippen molar-refractivity contribution < 1.29 is 33.5 Å². The fourth-order valence-electron chi connectivity index (χ4n) is 6.37. The lowest BCUT2D eigenvalue weighted by molar-refractivity contribution is -0.0388. The highest BCUT2D eigenvalue weighted by Gasteiger charge is 2.29. The summed E-state index contributed by atoms with van der Waals surface area (Å²) in [5.74, 6) is 0.679. The third kappa shape index (κ3) is 16.9. The number of amides is 2. The van der Waals surface area contributed by atoms with Gasteiger partial charge in [0.1, 0.15) is 23.8 Å². The van der Waals surface area contributed by atoms with Crippen molar-refractivity contribution in [2.75, 3.05) is 13.2 Å². The van der Waals surface area contributed by atoms with Crippen molar-refractivity contribution in [3.63, 3.8) is 0 Å². The van der Waals surface area contributed by atoms with E-state index in [2.05, 4.69) is 67.3 Å². The number of carbonyl (C=O) groups excluding carboxylic acids is 3. The van der Waals surface area contributed by atoms with Gasteiger partial charge in [-0.2, -0.15) is 4.79 Å². The van der Waals surface area contributed by atoms with Crippen LogP contribution in [0.2, 0.25) is 0 Å². The molecule has 0 aliphatic heterocycles. The van der Waals surface area contributed by atoms with Gasteiger partial charge in [0, 0.05) is 31.9 Å². The van der Waals surface area contributed by atoms with Crippen LogP contribution >= 0.6 is 31.9 Å². The van der Waals surface area contributed by atoms with E-state index in [1.165, 1.54) is 0 Å². The maximum Gasteiger partial charge on any atom is 0.547 e. The average Bonchev–Trinajstić information content (AvgIpc) is 3.12. The van der Waals surface area contributed by atoms with Gasteiger partial charge in [-0.3, -0.25) is 9.59 Å². The van der Waals surface area contributed by atoms with Gasteiger partial charge in [-0.1, -0.05) is 139 Å². The van der Waals surface area contributed by atoms with Crippen LogP contribution in [0.3, 0.4) is 0 Å². The Labute approximate surface area is 353 Å². The highest BCUT2D eigenvalue weighted by atomic mass is 79.9. The minimum Gasteiger partial charge on any atom is -0.493 e. The Hall–Kier alpha value is -2.87. The lowest BCUT2D eigenvalue weighted by atomic mass is 9.82. The van der Waals surface area contributed by atoms with Crippen LogP contribution in [0.1, 0.15) is 165 Å². The van der Waals surface area contributed by atoms with Crippen LogP contribution in [0.25, 0.3) is 0 Å². The van der Waals surface area contributed by atoms with Crippen LogP contribution in [0.4, 0.5) is 4.79 Å². The van der Waals surface area contributed by atoms with E-state index in [0.717, 1.165) is 49.7 Å². The highest BCUT2D eigenvalue weighted by molar-refractivity contribution is 9.09. The van der Waals surface area contributed by atoms with Gasteiger partial charge in [-0.25, -0.2) is 0 Å². The van der Waals surface area contributed by atoms with Crippen LogP contribution in [-0.4, -0.2) is 53.2 Å². The van der Waals surface area contributed by atoms with E-state index in [4.69, 9.17) is 19.1 Å². The van der Waals surface area contributed by atoms with Crippen LogP contribution < -0.4 is 31.1 Å². The summed E-state index contributed by atoms with van der Waals surface area (Å²) >= 11 is 7.43. The Morgan fingerprint density at radius 2 is 0.929 bits per heavy atom. The maximum absolute atomic E-state index is 13.7. The maximum atomic E-state index is 13.7. The third-order valence-electron chi connectivity index (χ3n) is 8.96. The van der Waals surface area contributed by atoms with Crippen LogP contribution in [0.15, 0.2) is 36.4 Å². The molecule has 2 amide bonds. The molecule has 0 radical (unpaired) electrons. The van der Waals surface area contributed by atoms with E-state index in [0.29, 0.717) is 71.2 Å². The number of rotatable bonds is 24. The van der Waals surface area contributed by atoms with Gasteiger partial charge in [-0.05, 0) is 73.6 Å². The van der Waals surface area contributed by atoms with E-state index in [1.54, 1.807) is 12.1 Å². The van der Waals surface area contributed by atoms with E-state index >= 15 is 0 Å². The molecular weight excluding hydrogens is 844 g/mol. The number of alkyl halides is 2. The van der Waals surface area contributed by atoms with Crippen LogP contribution in [0.5, 0.6) is 11.5 Å². The average molecular weight is 913 g/mol. The number of nitrogens with one attached hydrogen (secondary N) is 4. The SMILES string of the molecule is CCCC(Br)CCOc1cccc(C(=O)NC(CCC)NOC(=O)ONC(CCC)NC(=O)c2cccc(OCCC(Br)CCC)c2C(C)(C)C)c1C(C)(C)C. The van der Waals surface area contributed by atoms with Crippen LogP contribution in [0, 0.1) is 0 Å². The van der Waals surface area contributed by atoms with Gasteiger partial charge >= 0.3 is 6.16 Å². The molecule has 4 N–H and O–H groups in total. The second-order valence-corrected chi connectivity index (χ2v) is 18.8. The second kappa shape index (κ2) is 24.8. The Bertz CT molecular complexity index is 1400. The Kier molecular flexibility index (Phi) is 21.8. The molecule has 0 bridgehead atoms. The summed E-state index contributed by atoms with van der Waals surface area (Å²) in [6.45, 7) is 21.5. The molecule has 4 atom stereocenters. The van der Waals surface area contributed by atoms with E-state index in [1.807, 2.05) is 79.7 Å². The van der Waals surface area contributed by atoms with Crippen molar-refractivity contribution in [1.29, 1.82) is 0 Å². The number of hydroxylamine groups is 2. The molecule has 0 saturated heterocycles. The highest BCUT2D eigenvalue weighted by Crippen LogP contribution is 2.36. The molecule has 4 unspecified atom stereocenters. The largest absolute Gasteiger partial charge is 0.547 e. The first-order chi connectivity index (χ1) is 26.5. The lowest BCUT2D eigenvalue weighted by Crippen LogP contribution is -2.49. The number of benzene rings is 2. The summed E-state index contributed by atoms with van der Waals surface area (Å²) in [7, 11) is 0. The summed E-state index contributed by atoms with van der Waals surface area (Å²) < 4.78 is 12.4. The summed E-state index contributed by atoms with van der Waals surface area (Å²) in [5, 5.41) is 5.92. The van der Waals surface area contributed by atoms with Crippen molar-refractivity contribution in [3.8, 4) is 11.5 Å². The van der Waals surface area contributed by atoms with Gasteiger partial charge in [0.25, 0.3) is 11.8 Å². The van der Waals surface area contributed by atoms with Crippen molar-refractivity contribution >= 4 is 49.8 Å². The first-order valence-corrected chi connectivity index (χ1v) is 22.1. The zero-order valence-corrected chi connectivity index (χ0v) is 38.5. The molecule has 56 heavy (non-hydrogen) atoms. The zero-order valence-electron chi connectivity index (χ0n) is 35.4. The zero-order chi connectivity index (χ0) is 41.9. The molecule has 11 nitrogen and oxygen atoms in total. The Balaban J connectivity index is 2.09. The van der Waals surface area contributed by atoms with Crippen molar-refractivity contribution in [2.24, 2.45) is 0 Å². The van der Waals surface area contributed by atoms with Gasteiger partial charge in [-0.15, -0.1) is 11.0 Å². The minimum atomic E-state index is -1.08. The smallest absolute Gasteiger partial charge is 0.493 e. The minimum absolute atomic E-state index is 0.329. The first-order valence-electron chi connectivity index (χ1n) is 20.3. The normalized spacial score (nSPS) is 13.9. The summed E-state index contributed by atoms with van der Waals surface area (Å²) in [6, 6.07) is 11.0. The predicted octanol–water partition coefficient (Wildman–Crippen LogP) is 10.5. The summed E-state index contributed by atoms with van der Waals surface area (Å²) in [4.78, 5) is 51.4. The second-order valence-electron chi connectivity index (χ2n) is 16.2. The number of ether oxygens (including phenoxy) is 2. The van der Waals surface area contributed by atoms with Crippen molar-refractivity contribution in [1.82, 2.24) is 21.6 Å². The molecule has 2 aromatic carbocycles. The van der Waals surface area contributed by atoms with Crippen molar-refractivity contribution in [2.45, 2.75) is 166 Å². The fourth-order valence-corrected chi connectivity index (χ4v) is 7.66.